The van der Waals surface area contributed by atoms with Gasteiger partial charge in [-0.3, -0.25) is 0 Å². The third-order valence-corrected chi connectivity index (χ3v) is 4.77. The van der Waals surface area contributed by atoms with Gasteiger partial charge in [0.25, 0.3) is 0 Å². The van der Waals surface area contributed by atoms with Crippen LogP contribution in [-0.2, 0) is 0 Å². The average molecular weight is 224 g/mol. The van der Waals surface area contributed by atoms with E-state index in [1.807, 2.05) is 0 Å². The minimum absolute atomic E-state index is 0.825. The van der Waals surface area contributed by atoms with Gasteiger partial charge in [0.1, 0.15) is 0 Å². The van der Waals surface area contributed by atoms with Crippen LogP contribution in [0.3, 0.4) is 0 Å². The van der Waals surface area contributed by atoms with Crippen LogP contribution in [0.5, 0.6) is 0 Å². The summed E-state index contributed by atoms with van der Waals surface area (Å²) in [7, 11) is 0. The molecule has 0 aliphatic heterocycles. The van der Waals surface area contributed by atoms with Crippen LogP contribution in [0.2, 0.25) is 0 Å². The van der Waals surface area contributed by atoms with Gasteiger partial charge in [0.05, 0.1) is 0 Å². The molecule has 0 aromatic rings. The zero-order chi connectivity index (χ0) is 12.0. The summed E-state index contributed by atoms with van der Waals surface area (Å²) in [6.07, 6.45) is 13.4. The highest BCUT2D eigenvalue weighted by molar-refractivity contribution is 4.92. The minimum atomic E-state index is 0.825. The van der Waals surface area contributed by atoms with Crippen molar-refractivity contribution in [2.24, 2.45) is 17.3 Å². The second-order valence-electron chi connectivity index (χ2n) is 6.57. The Hall–Kier alpha value is 0. The highest BCUT2D eigenvalue weighted by atomic mass is 14.5. The molecule has 16 heavy (non-hydrogen) atoms. The SMILES string of the molecule is CCCCCC1(CCCC(C)C(C)C)CC1. The van der Waals surface area contributed by atoms with Gasteiger partial charge in [-0.05, 0) is 42.9 Å². The lowest BCUT2D eigenvalue weighted by Gasteiger charge is -2.18. The number of hydrogen-bond acceptors (Lipinski definition) is 0. The van der Waals surface area contributed by atoms with Crippen LogP contribution in [0.25, 0.3) is 0 Å². The lowest BCUT2D eigenvalue weighted by molar-refractivity contribution is 0.334. The van der Waals surface area contributed by atoms with E-state index in [4.69, 9.17) is 0 Å². The summed E-state index contributed by atoms with van der Waals surface area (Å²) >= 11 is 0. The molecule has 1 saturated carbocycles. The number of unbranched alkanes of at least 4 members (excludes halogenated alkanes) is 2. The van der Waals surface area contributed by atoms with Gasteiger partial charge in [-0.25, -0.2) is 0 Å². The van der Waals surface area contributed by atoms with E-state index >= 15 is 0 Å². The van der Waals surface area contributed by atoms with Crippen molar-refractivity contribution in [1.29, 1.82) is 0 Å². The van der Waals surface area contributed by atoms with Crippen LogP contribution < -0.4 is 0 Å². The molecule has 0 aromatic carbocycles. The Morgan fingerprint density at radius 3 is 2.06 bits per heavy atom. The van der Waals surface area contributed by atoms with E-state index in [-0.39, 0.29) is 0 Å². The molecule has 0 amide bonds. The van der Waals surface area contributed by atoms with E-state index in [2.05, 4.69) is 27.7 Å². The third-order valence-electron chi connectivity index (χ3n) is 4.77. The summed E-state index contributed by atoms with van der Waals surface area (Å²) in [6.45, 7) is 9.45. The summed E-state index contributed by atoms with van der Waals surface area (Å²) in [5, 5.41) is 0. The first-order valence-corrected chi connectivity index (χ1v) is 7.59. The van der Waals surface area contributed by atoms with E-state index in [1.165, 1.54) is 57.8 Å². The van der Waals surface area contributed by atoms with E-state index in [0.717, 1.165) is 17.3 Å². The lowest BCUT2D eigenvalue weighted by atomic mass is 9.87. The van der Waals surface area contributed by atoms with Crippen molar-refractivity contribution in [3.05, 3.63) is 0 Å². The monoisotopic (exact) mass is 224 g/mol. The standard InChI is InChI=1S/C16H32/c1-5-6-7-10-16(12-13-16)11-8-9-15(4)14(2)3/h14-15H,5-13H2,1-4H3. The van der Waals surface area contributed by atoms with Crippen LogP contribution in [0.4, 0.5) is 0 Å². The number of rotatable bonds is 9. The molecule has 0 bridgehead atoms. The van der Waals surface area contributed by atoms with Crippen molar-refractivity contribution < 1.29 is 0 Å². The highest BCUT2D eigenvalue weighted by Gasteiger charge is 2.40. The number of hydrogen-bond donors (Lipinski definition) is 0. The largest absolute Gasteiger partial charge is 0.0654 e. The molecule has 1 unspecified atom stereocenters. The van der Waals surface area contributed by atoms with Crippen LogP contribution >= 0.6 is 0 Å². The second-order valence-corrected chi connectivity index (χ2v) is 6.57. The average Bonchev–Trinajstić information content (AvgIpc) is 2.99. The lowest BCUT2D eigenvalue weighted by Crippen LogP contribution is -2.06. The van der Waals surface area contributed by atoms with Gasteiger partial charge >= 0.3 is 0 Å². The zero-order valence-corrected chi connectivity index (χ0v) is 12.0. The van der Waals surface area contributed by atoms with E-state index in [0.29, 0.717) is 0 Å². The van der Waals surface area contributed by atoms with E-state index in [9.17, 15) is 0 Å². The molecule has 0 nitrogen and oxygen atoms in total. The Kier molecular flexibility index (Phi) is 5.86. The summed E-state index contributed by atoms with van der Waals surface area (Å²) in [5.74, 6) is 1.79. The summed E-state index contributed by atoms with van der Waals surface area (Å²) in [4.78, 5) is 0. The molecule has 0 saturated heterocycles. The van der Waals surface area contributed by atoms with Crippen LogP contribution in [0.15, 0.2) is 0 Å². The molecule has 0 heteroatoms. The molecule has 1 aliphatic carbocycles. The predicted molar refractivity (Wildman–Crippen MR) is 73.7 cm³/mol. The fourth-order valence-electron chi connectivity index (χ4n) is 2.68. The minimum Gasteiger partial charge on any atom is -0.0654 e. The van der Waals surface area contributed by atoms with Gasteiger partial charge in [0.15, 0.2) is 0 Å². The Morgan fingerprint density at radius 1 is 0.938 bits per heavy atom. The van der Waals surface area contributed by atoms with Gasteiger partial charge in [-0.15, -0.1) is 0 Å². The topological polar surface area (TPSA) is 0 Å². The van der Waals surface area contributed by atoms with Crippen molar-refractivity contribution in [2.45, 2.75) is 85.5 Å². The molecular formula is C16H32. The molecule has 1 atom stereocenters. The van der Waals surface area contributed by atoms with Crippen molar-refractivity contribution in [1.82, 2.24) is 0 Å². The van der Waals surface area contributed by atoms with Crippen molar-refractivity contribution in [2.75, 3.05) is 0 Å². The maximum Gasteiger partial charge on any atom is -0.0297 e. The van der Waals surface area contributed by atoms with Crippen LogP contribution in [-0.4, -0.2) is 0 Å². The van der Waals surface area contributed by atoms with E-state index < -0.39 is 0 Å². The summed E-state index contributed by atoms with van der Waals surface area (Å²) in [5.41, 5.74) is 0.825. The maximum atomic E-state index is 2.42. The second kappa shape index (κ2) is 6.67. The normalized spacial score (nSPS) is 20.1. The Bertz CT molecular complexity index is 176. The summed E-state index contributed by atoms with van der Waals surface area (Å²) in [6, 6.07) is 0. The van der Waals surface area contributed by atoms with Gasteiger partial charge in [-0.1, -0.05) is 59.8 Å². The van der Waals surface area contributed by atoms with Crippen molar-refractivity contribution >= 4 is 0 Å². The Labute approximate surface area is 103 Å². The predicted octanol–water partition coefficient (Wildman–Crippen LogP) is 5.81. The van der Waals surface area contributed by atoms with Crippen LogP contribution in [0.1, 0.15) is 85.5 Å². The molecule has 1 fully saturated rings. The molecular weight excluding hydrogens is 192 g/mol. The zero-order valence-electron chi connectivity index (χ0n) is 12.0. The first kappa shape index (κ1) is 14.1. The van der Waals surface area contributed by atoms with Gasteiger partial charge in [0.2, 0.25) is 0 Å². The molecule has 0 N–H and O–H groups in total. The molecule has 0 aromatic heterocycles. The first-order valence-electron chi connectivity index (χ1n) is 7.59. The molecule has 0 spiro atoms. The van der Waals surface area contributed by atoms with Gasteiger partial charge in [0, 0.05) is 0 Å². The first-order chi connectivity index (χ1) is 7.59. The maximum absolute atomic E-state index is 2.42. The van der Waals surface area contributed by atoms with Gasteiger partial charge in [-0.2, -0.15) is 0 Å². The molecule has 1 rings (SSSR count). The quantitative estimate of drug-likeness (QED) is 0.434. The van der Waals surface area contributed by atoms with Crippen LogP contribution in [0, 0.1) is 17.3 Å². The Morgan fingerprint density at radius 2 is 1.56 bits per heavy atom. The molecule has 0 heterocycles. The smallest absolute Gasteiger partial charge is 0.0297 e. The third kappa shape index (κ3) is 4.89. The molecule has 96 valence electrons. The molecule has 0 radical (unpaired) electrons. The summed E-state index contributed by atoms with van der Waals surface area (Å²) < 4.78 is 0. The van der Waals surface area contributed by atoms with E-state index in [1.54, 1.807) is 0 Å². The fraction of sp³-hybridized carbons (Fsp3) is 1.00. The van der Waals surface area contributed by atoms with Crippen molar-refractivity contribution in [3.8, 4) is 0 Å². The van der Waals surface area contributed by atoms with Crippen molar-refractivity contribution in [3.63, 3.8) is 0 Å². The Balaban J connectivity index is 2.07. The molecule has 1 aliphatic rings. The fourth-order valence-corrected chi connectivity index (χ4v) is 2.68. The highest BCUT2D eigenvalue weighted by Crippen LogP contribution is 2.53. The van der Waals surface area contributed by atoms with Gasteiger partial charge < -0.3 is 0 Å².